The molecule has 23 heavy (non-hydrogen) atoms. The van der Waals surface area contributed by atoms with Gasteiger partial charge in [-0.15, -0.1) is 0 Å². The number of hydrogen-bond donors (Lipinski definition) is 2. The number of nitrogens with zero attached hydrogens (tertiary/aromatic N) is 2. The van der Waals surface area contributed by atoms with Crippen molar-refractivity contribution in [3.8, 4) is 0 Å². The normalized spacial score (nSPS) is 14.0. The minimum absolute atomic E-state index is 0.0256. The number of carbonyl (C=O) groups excluding carboxylic acids is 2. The molecule has 6 heteroatoms. The van der Waals surface area contributed by atoms with Crippen LogP contribution in [-0.4, -0.2) is 34.0 Å². The number of hydrogen-bond acceptors (Lipinski definition) is 3. The molecule has 1 saturated carbocycles. The van der Waals surface area contributed by atoms with Gasteiger partial charge in [0.05, 0.1) is 11.0 Å². The standard InChI is InChI=1S/C17H22N4O2/c1-12(22)18-10-4-7-16-20-14-5-2-3-6-15(14)21(16)11-17(23)19-13-8-9-13/h2-3,5-6,13H,4,7-11H2,1H3,(H,18,22)(H,19,23). The molecule has 1 fully saturated rings. The predicted octanol–water partition coefficient (Wildman–Crippen LogP) is 1.38. The van der Waals surface area contributed by atoms with Gasteiger partial charge >= 0.3 is 0 Å². The first-order chi connectivity index (χ1) is 11.1. The predicted molar refractivity (Wildman–Crippen MR) is 87.9 cm³/mol. The summed E-state index contributed by atoms with van der Waals surface area (Å²) in [4.78, 5) is 27.7. The van der Waals surface area contributed by atoms with Crippen molar-refractivity contribution in [1.29, 1.82) is 0 Å². The highest BCUT2D eigenvalue weighted by atomic mass is 16.2. The van der Waals surface area contributed by atoms with Gasteiger partial charge in [-0.2, -0.15) is 0 Å². The van der Waals surface area contributed by atoms with Crippen LogP contribution < -0.4 is 10.6 Å². The Morgan fingerprint density at radius 3 is 2.83 bits per heavy atom. The molecule has 1 aliphatic rings. The van der Waals surface area contributed by atoms with E-state index in [2.05, 4.69) is 15.6 Å². The summed E-state index contributed by atoms with van der Waals surface area (Å²) in [5, 5.41) is 5.81. The topological polar surface area (TPSA) is 76.0 Å². The van der Waals surface area contributed by atoms with Crippen molar-refractivity contribution in [2.24, 2.45) is 0 Å². The van der Waals surface area contributed by atoms with Crippen LogP contribution in [0.25, 0.3) is 11.0 Å². The number of nitrogens with one attached hydrogen (secondary N) is 2. The Kier molecular flexibility index (Phi) is 4.60. The lowest BCUT2D eigenvalue weighted by atomic mass is 10.3. The minimum Gasteiger partial charge on any atom is -0.356 e. The fraction of sp³-hybridized carbons (Fsp3) is 0.471. The molecule has 0 unspecified atom stereocenters. The second-order valence-electron chi connectivity index (χ2n) is 6.03. The first-order valence-corrected chi connectivity index (χ1v) is 8.11. The second kappa shape index (κ2) is 6.81. The maximum absolute atomic E-state index is 12.2. The summed E-state index contributed by atoms with van der Waals surface area (Å²) >= 11 is 0. The fourth-order valence-electron chi connectivity index (χ4n) is 2.65. The Bertz CT molecular complexity index is 718. The van der Waals surface area contributed by atoms with Crippen molar-refractivity contribution in [3.05, 3.63) is 30.1 Å². The Hall–Kier alpha value is -2.37. The molecule has 3 rings (SSSR count). The second-order valence-corrected chi connectivity index (χ2v) is 6.03. The zero-order valence-electron chi connectivity index (χ0n) is 13.3. The van der Waals surface area contributed by atoms with Gasteiger partial charge in [-0.25, -0.2) is 4.98 Å². The molecule has 0 spiro atoms. The highest BCUT2D eigenvalue weighted by Crippen LogP contribution is 2.20. The number of rotatable bonds is 7. The van der Waals surface area contributed by atoms with Crippen molar-refractivity contribution >= 4 is 22.8 Å². The van der Waals surface area contributed by atoms with Crippen molar-refractivity contribution in [2.75, 3.05) is 6.54 Å². The zero-order valence-corrected chi connectivity index (χ0v) is 13.3. The number of amides is 2. The molecule has 0 atom stereocenters. The first-order valence-electron chi connectivity index (χ1n) is 8.11. The lowest BCUT2D eigenvalue weighted by Crippen LogP contribution is -2.30. The highest BCUT2D eigenvalue weighted by Gasteiger charge is 2.24. The number of imidazole rings is 1. The summed E-state index contributed by atoms with van der Waals surface area (Å²) in [6, 6.07) is 8.22. The van der Waals surface area contributed by atoms with Crippen LogP contribution in [0.1, 0.15) is 32.0 Å². The first kappa shape index (κ1) is 15.5. The maximum atomic E-state index is 12.2. The summed E-state index contributed by atoms with van der Waals surface area (Å²) in [6.07, 6.45) is 3.69. The molecule has 1 aliphatic carbocycles. The average Bonchev–Trinajstić information content (AvgIpc) is 3.26. The van der Waals surface area contributed by atoms with Gasteiger partial charge in [0.1, 0.15) is 12.4 Å². The van der Waals surface area contributed by atoms with E-state index in [1.165, 1.54) is 6.92 Å². The van der Waals surface area contributed by atoms with Crippen LogP contribution in [0, 0.1) is 0 Å². The van der Waals surface area contributed by atoms with Crippen LogP contribution in [0.15, 0.2) is 24.3 Å². The monoisotopic (exact) mass is 314 g/mol. The van der Waals surface area contributed by atoms with E-state index in [4.69, 9.17) is 0 Å². The van der Waals surface area contributed by atoms with Crippen LogP contribution in [0.4, 0.5) is 0 Å². The fourth-order valence-corrected chi connectivity index (χ4v) is 2.65. The van der Waals surface area contributed by atoms with Crippen LogP contribution in [0.3, 0.4) is 0 Å². The van der Waals surface area contributed by atoms with Crippen LogP contribution in [0.2, 0.25) is 0 Å². The highest BCUT2D eigenvalue weighted by molar-refractivity contribution is 5.81. The van der Waals surface area contributed by atoms with E-state index < -0.39 is 0 Å². The Morgan fingerprint density at radius 1 is 1.30 bits per heavy atom. The van der Waals surface area contributed by atoms with Gasteiger partial charge in [0.2, 0.25) is 11.8 Å². The molecule has 6 nitrogen and oxygen atoms in total. The molecular weight excluding hydrogens is 292 g/mol. The van der Waals surface area contributed by atoms with E-state index >= 15 is 0 Å². The average molecular weight is 314 g/mol. The third-order valence-electron chi connectivity index (χ3n) is 3.93. The van der Waals surface area contributed by atoms with Gasteiger partial charge in [-0.3, -0.25) is 9.59 Å². The summed E-state index contributed by atoms with van der Waals surface area (Å²) < 4.78 is 1.99. The van der Waals surface area contributed by atoms with Gasteiger partial charge in [-0.05, 0) is 31.4 Å². The summed E-state index contributed by atoms with van der Waals surface area (Å²) in [7, 11) is 0. The summed E-state index contributed by atoms with van der Waals surface area (Å²) in [5.74, 6) is 0.906. The number of para-hydroxylation sites is 2. The van der Waals surface area contributed by atoms with Crippen molar-refractivity contribution in [2.45, 2.75) is 45.2 Å². The SMILES string of the molecule is CC(=O)NCCCc1nc2ccccc2n1CC(=O)NC1CC1. The van der Waals surface area contributed by atoms with E-state index in [1.54, 1.807) is 0 Å². The number of carbonyl (C=O) groups is 2. The minimum atomic E-state index is -0.0256. The van der Waals surface area contributed by atoms with Crippen molar-refractivity contribution in [1.82, 2.24) is 20.2 Å². The molecule has 2 aromatic rings. The zero-order chi connectivity index (χ0) is 16.2. The summed E-state index contributed by atoms with van der Waals surface area (Å²) in [5.41, 5.74) is 1.88. The van der Waals surface area contributed by atoms with E-state index in [1.807, 2.05) is 28.8 Å². The lowest BCUT2D eigenvalue weighted by Gasteiger charge is -2.10. The number of aromatic nitrogens is 2. The van der Waals surface area contributed by atoms with E-state index in [0.29, 0.717) is 19.1 Å². The smallest absolute Gasteiger partial charge is 0.240 e. The van der Waals surface area contributed by atoms with E-state index in [9.17, 15) is 9.59 Å². The molecule has 1 heterocycles. The van der Waals surface area contributed by atoms with Crippen molar-refractivity contribution < 1.29 is 9.59 Å². The molecule has 0 saturated heterocycles. The molecule has 122 valence electrons. The Balaban J connectivity index is 1.73. The molecule has 1 aromatic carbocycles. The molecule has 1 aromatic heterocycles. The molecule has 2 amide bonds. The molecule has 0 radical (unpaired) electrons. The summed E-state index contributed by atoms with van der Waals surface area (Å²) in [6.45, 7) is 2.43. The maximum Gasteiger partial charge on any atom is 0.240 e. The Labute approximate surface area is 135 Å². The van der Waals surface area contributed by atoms with Gasteiger partial charge < -0.3 is 15.2 Å². The third-order valence-corrected chi connectivity index (χ3v) is 3.93. The quantitative estimate of drug-likeness (QED) is 0.758. The molecule has 0 bridgehead atoms. The van der Waals surface area contributed by atoms with Crippen LogP contribution >= 0.6 is 0 Å². The van der Waals surface area contributed by atoms with Gasteiger partial charge in [0.15, 0.2) is 0 Å². The lowest BCUT2D eigenvalue weighted by molar-refractivity contribution is -0.122. The molecule has 2 N–H and O–H groups in total. The van der Waals surface area contributed by atoms with Crippen LogP contribution in [-0.2, 0) is 22.6 Å². The van der Waals surface area contributed by atoms with E-state index in [0.717, 1.165) is 42.5 Å². The van der Waals surface area contributed by atoms with Gasteiger partial charge in [-0.1, -0.05) is 12.1 Å². The Morgan fingerprint density at radius 2 is 2.09 bits per heavy atom. The molecular formula is C17H22N4O2. The van der Waals surface area contributed by atoms with Crippen LogP contribution in [0.5, 0.6) is 0 Å². The number of benzene rings is 1. The number of fused-ring (bicyclic) bond motifs is 1. The van der Waals surface area contributed by atoms with Gasteiger partial charge in [0.25, 0.3) is 0 Å². The van der Waals surface area contributed by atoms with Gasteiger partial charge in [0, 0.05) is 25.9 Å². The third kappa shape index (κ3) is 4.09. The molecule has 0 aliphatic heterocycles. The largest absolute Gasteiger partial charge is 0.356 e. The van der Waals surface area contributed by atoms with Crippen molar-refractivity contribution in [3.63, 3.8) is 0 Å². The van der Waals surface area contributed by atoms with E-state index in [-0.39, 0.29) is 11.8 Å². The number of aryl methyl sites for hydroxylation is 1.